The van der Waals surface area contributed by atoms with E-state index in [1.54, 1.807) is 14.2 Å². The van der Waals surface area contributed by atoms with Gasteiger partial charge in [-0.15, -0.1) is 0 Å². The molecule has 2 aliphatic carbocycles. The van der Waals surface area contributed by atoms with E-state index in [9.17, 15) is 4.79 Å². The Morgan fingerprint density at radius 3 is 1.65 bits per heavy atom. The van der Waals surface area contributed by atoms with Crippen LogP contribution in [0.15, 0.2) is 35.5 Å². The first-order valence-electron chi connectivity index (χ1n) is 15.0. The van der Waals surface area contributed by atoms with E-state index in [2.05, 4.69) is 60.3 Å². The molecule has 0 radical (unpaired) electrons. The van der Waals surface area contributed by atoms with Crippen molar-refractivity contribution in [2.24, 2.45) is 11.8 Å². The van der Waals surface area contributed by atoms with E-state index < -0.39 is 0 Å². The molecule has 2 spiro atoms. The van der Waals surface area contributed by atoms with Crippen molar-refractivity contribution in [3.05, 3.63) is 35.5 Å². The van der Waals surface area contributed by atoms with Gasteiger partial charge in [-0.25, -0.2) is 0 Å². The Hall–Kier alpha value is -1.35. The number of hydrogen-bond acceptors (Lipinski definition) is 7. The minimum Gasteiger partial charge on any atom is -0.377 e. The van der Waals surface area contributed by atoms with Crippen molar-refractivity contribution in [1.82, 2.24) is 0 Å². The minimum absolute atomic E-state index is 0.0175. The van der Waals surface area contributed by atoms with E-state index in [1.165, 1.54) is 16.7 Å². The lowest BCUT2D eigenvalue weighted by molar-refractivity contribution is -0.142. The number of ether oxygens (including phenoxy) is 6. The van der Waals surface area contributed by atoms with E-state index in [0.717, 1.165) is 45.3 Å². The van der Waals surface area contributed by atoms with Gasteiger partial charge in [-0.05, 0) is 79.2 Å². The number of ketones is 1. The van der Waals surface area contributed by atoms with Crippen LogP contribution in [0, 0.1) is 11.8 Å². The van der Waals surface area contributed by atoms with Gasteiger partial charge < -0.3 is 28.4 Å². The zero-order valence-corrected chi connectivity index (χ0v) is 25.8. The van der Waals surface area contributed by atoms with Crippen molar-refractivity contribution < 1.29 is 33.2 Å². The third-order valence-electron chi connectivity index (χ3n) is 10.3. The first kappa shape index (κ1) is 30.1. The van der Waals surface area contributed by atoms with Crippen LogP contribution in [0.4, 0.5) is 0 Å². The zero-order chi connectivity index (χ0) is 29.1. The Morgan fingerprint density at radius 1 is 0.825 bits per heavy atom. The Morgan fingerprint density at radius 2 is 1.25 bits per heavy atom. The molecule has 6 aliphatic rings. The lowest BCUT2D eigenvalue weighted by atomic mass is 9.68. The molecule has 0 aromatic heterocycles. The molecule has 0 bridgehead atoms. The second-order valence-corrected chi connectivity index (χ2v) is 13.7. The van der Waals surface area contributed by atoms with E-state index in [-0.39, 0.29) is 64.4 Å². The number of rotatable bonds is 8. The molecule has 4 heterocycles. The molecule has 0 amide bonds. The Balaban J connectivity index is 0.000000161. The van der Waals surface area contributed by atoms with E-state index in [0.29, 0.717) is 6.42 Å². The van der Waals surface area contributed by atoms with Crippen molar-refractivity contribution in [3.8, 4) is 0 Å². The Kier molecular flexibility index (Phi) is 8.08. The predicted octanol–water partition coefficient (Wildman–Crippen LogP) is 5.51. The number of methoxy groups -OCH3 is 2. The van der Waals surface area contributed by atoms with Gasteiger partial charge in [-0.3, -0.25) is 4.79 Å². The Labute approximate surface area is 240 Å². The van der Waals surface area contributed by atoms with Crippen LogP contribution in [-0.2, 0) is 33.2 Å². The van der Waals surface area contributed by atoms with Crippen LogP contribution >= 0.6 is 0 Å². The molecule has 0 aromatic rings. The zero-order valence-electron chi connectivity index (χ0n) is 25.8. The number of hydrogen-bond donors (Lipinski definition) is 0. The van der Waals surface area contributed by atoms with Gasteiger partial charge in [0, 0.05) is 20.6 Å². The van der Waals surface area contributed by atoms with Gasteiger partial charge in [-0.1, -0.05) is 29.9 Å². The molecule has 2 saturated carbocycles. The summed E-state index contributed by atoms with van der Waals surface area (Å²) < 4.78 is 35.0. The number of carbonyl (C=O) groups excluding carboxylic acids is 1. The first-order chi connectivity index (χ1) is 18.9. The van der Waals surface area contributed by atoms with Gasteiger partial charge in [0.25, 0.3) is 0 Å². The third kappa shape index (κ3) is 5.43. The van der Waals surface area contributed by atoms with Crippen LogP contribution in [-0.4, -0.2) is 80.0 Å². The number of epoxide rings is 4. The molecule has 4 aliphatic heterocycles. The molecule has 0 N–H and O–H groups in total. The maximum atomic E-state index is 12.2. The molecular formula is C33H50O7. The molecular weight excluding hydrogens is 508 g/mol. The fraction of sp³-hybridized carbons (Fsp3) is 0.788. The summed E-state index contributed by atoms with van der Waals surface area (Å²) in [5.74, 6) is 0.491. The average molecular weight is 559 g/mol. The highest BCUT2D eigenvalue weighted by atomic mass is 16.6. The fourth-order valence-electron chi connectivity index (χ4n) is 7.67. The lowest BCUT2D eigenvalue weighted by Gasteiger charge is -2.39. The third-order valence-corrected chi connectivity index (χ3v) is 10.3. The summed E-state index contributed by atoms with van der Waals surface area (Å²) in [4.78, 5) is 12.2. The number of allylic oxidation sites excluding steroid dienone is 2. The standard InChI is InChI=1S/C17H26O3.C16H24O4/c1-11(2)6-7-13-16(4,20-13)15-14(18-5)12(3)8-9-17(15)10-19-17;1-10(2)5-6-12-15(3,20-12)14-13(18-4)11(17)7-8-16(14)9-19-16/h6,13-15H,3,7-10H2,1-2,4-5H3;5,12-14H,6-9H2,1-4H3/t13-,14-,15-,16+,17+;12-,13-,14-,15+,16+/m11/s1. The highest BCUT2D eigenvalue weighted by Crippen LogP contribution is 2.60. The number of Topliss-reactive ketones (excluding diaryl/α,β-unsaturated/α-hetero) is 1. The first-order valence-corrected chi connectivity index (χ1v) is 15.0. The summed E-state index contributed by atoms with van der Waals surface area (Å²) in [7, 11) is 3.40. The molecule has 0 unspecified atom stereocenters. The maximum absolute atomic E-state index is 12.2. The van der Waals surface area contributed by atoms with Crippen molar-refractivity contribution in [1.29, 1.82) is 0 Å². The van der Waals surface area contributed by atoms with E-state index >= 15 is 0 Å². The van der Waals surface area contributed by atoms with Gasteiger partial charge in [-0.2, -0.15) is 0 Å². The number of carbonyl (C=O) groups is 1. The molecule has 10 atom stereocenters. The van der Waals surface area contributed by atoms with Crippen molar-refractivity contribution in [2.45, 2.75) is 127 Å². The molecule has 7 nitrogen and oxygen atoms in total. The van der Waals surface area contributed by atoms with Gasteiger partial charge in [0.05, 0.1) is 43.4 Å². The Bertz CT molecular complexity index is 977. The van der Waals surface area contributed by atoms with Crippen LogP contribution in [0.1, 0.15) is 80.1 Å². The maximum Gasteiger partial charge on any atom is 0.162 e. The van der Waals surface area contributed by atoms with Crippen LogP contribution in [0.5, 0.6) is 0 Å². The van der Waals surface area contributed by atoms with Gasteiger partial charge in [0.2, 0.25) is 0 Å². The quantitative estimate of drug-likeness (QED) is 0.287. The van der Waals surface area contributed by atoms with E-state index in [1.807, 2.05) is 0 Å². The van der Waals surface area contributed by atoms with Crippen LogP contribution < -0.4 is 0 Å². The molecule has 6 rings (SSSR count). The molecule has 224 valence electrons. The summed E-state index contributed by atoms with van der Waals surface area (Å²) in [5.41, 5.74) is 3.21. The summed E-state index contributed by atoms with van der Waals surface area (Å²) in [5, 5.41) is 0. The fourth-order valence-corrected chi connectivity index (χ4v) is 7.67. The summed E-state index contributed by atoms with van der Waals surface area (Å²) in [6, 6.07) is 0. The molecule has 6 fully saturated rings. The topological polar surface area (TPSA) is 85.6 Å². The van der Waals surface area contributed by atoms with Crippen LogP contribution in [0.2, 0.25) is 0 Å². The molecule has 7 heteroatoms. The summed E-state index contributed by atoms with van der Waals surface area (Å²) in [6.45, 7) is 18.6. The lowest BCUT2D eigenvalue weighted by Crippen LogP contribution is -2.52. The predicted molar refractivity (Wildman–Crippen MR) is 153 cm³/mol. The molecule has 40 heavy (non-hydrogen) atoms. The monoisotopic (exact) mass is 558 g/mol. The van der Waals surface area contributed by atoms with Gasteiger partial charge in [0.15, 0.2) is 5.78 Å². The normalized spacial score (nSPS) is 46.4. The molecule has 0 aromatic carbocycles. The highest BCUT2D eigenvalue weighted by molar-refractivity contribution is 5.85. The minimum atomic E-state index is -0.382. The summed E-state index contributed by atoms with van der Waals surface area (Å²) in [6.07, 6.45) is 9.91. The second-order valence-electron chi connectivity index (χ2n) is 13.7. The largest absolute Gasteiger partial charge is 0.377 e. The highest BCUT2D eigenvalue weighted by Gasteiger charge is 2.72. The SMILES string of the molecule is C=C1CC[C@]2(CO2)[C@@H]([C@@]2(C)O[C@@H]2CC=C(C)C)[C@@H]1OC.CO[C@@H]1C(=O)CC[C@]2(CO2)[C@H]1[C@@]1(C)O[C@@H]1CC=C(C)C. The van der Waals surface area contributed by atoms with Crippen LogP contribution in [0.3, 0.4) is 0 Å². The second kappa shape index (κ2) is 10.7. The summed E-state index contributed by atoms with van der Waals surface area (Å²) >= 11 is 0. The van der Waals surface area contributed by atoms with Crippen molar-refractivity contribution >= 4 is 5.78 Å². The van der Waals surface area contributed by atoms with Crippen LogP contribution in [0.25, 0.3) is 0 Å². The molecule has 4 saturated heterocycles. The smallest absolute Gasteiger partial charge is 0.162 e. The van der Waals surface area contributed by atoms with Crippen molar-refractivity contribution in [3.63, 3.8) is 0 Å². The average Bonchev–Trinajstić information content (AvgIpc) is 3.76. The van der Waals surface area contributed by atoms with Gasteiger partial charge >= 0.3 is 0 Å². The van der Waals surface area contributed by atoms with Gasteiger partial charge in [0.1, 0.15) is 28.5 Å². The van der Waals surface area contributed by atoms with Crippen molar-refractivity contribution in [2.75, 3.05) is 27.4 Å². The van der Waals surface area contributed by atoms with E-state index in [4.69, 9.17) is 28.4 Å².